The maximum atomic E-state index is 11.7. The molecule has 1 amide bonds. The van der Waals surface area contributed by atoms with Crippen LogP contribution in [0.1, 0.15) is 90.9 Å². The molecule has 1 aliphatic rings. The van der Waals surface area contributed by atoms with Gasteiger partial charge < -0.3 is 10.6 Å². The monoisotopic (exact) mass is 296 g/mol. The van der Waals surface area contributed by atoms with E-state index in [1.165, 1.54) is 70.6 Å². The summed E-state index contributed by atoms with van der Waals surface area (Å²) >= 11 is 0. The van der Waals surface area contributed by atoms with Crippen LogP contribution in [0.5, 0.6) is 0 Å². The number of nitrogens with one attached hydrogen (secondary N) is 2. The zero-order chi connectivity index (χ0) is 15.3. The molecule has 0 aromatic heterocycles. The summed E-state index contributed by atoms with van der Waals surface area (Å²) < 4.78 is 0. The Morgan fingerprint density at radius 3 is 1.86 bits per heavy atom. The molecule has 0 atom stereocenters. The van der Waals surface area contributed by atoms with Gasteiger partial charge in [-0.25, -0.2) is 0 Å². The number of hydrogen-bond acceptors (Lipinski definition) is 2. The largest absolute Gasteiger partial charge is 0.354 e. The second-order valence-electron chi connectivity index (χ2n) is 6.88. The molecule has 0 bridgehead atoms. The minimum Gasteiger partial charge on any atom is -0.354 e. The number of rotatable bonds is 5. The fourth-order valence-corrected chi connectivity index (χ4v) is 3.15. The fraction of sp³-hybridized carbons (Fsp3) is 0.944. The quantitative estimate of drug-likeness (QED) is 0.799. The smallest absolute Gasteiger partial charge is 0.221 e. The van der Waals surface area contributed by atoms with E-state index in [1.807, 2.05) is 13.8 Å². The molecule has 3 heteroatoms. The molecule has 21 heavy (non-hydrogen) atoms. The van der Waals surface area contributed by atoms with Gasteiger partial charge in [-0.3, -0.25) is 4.79 Å². The van der Waals surface area contributed by atoms with Gasteiger partial charge in [-0.05, 0) is 26.7 Å². The van der Waals surface area contributed by atoms with E-state index in [4.69, 9.17) is 0 Å². The summed E-state index contributed by atoms with van der Waals surface area (Å²) in [7, 11) is 0. The van der Waals surface area contributed by atoms with Crippen LogP contribution < -0.4 is 10.6 Å². The van der Waals surface area contributed by atoms with E-state index >= 15 is 0 Å². The lowest BCUT2D eigenvalue weighted by Crippen LogP contribution is -2.35. The molecular formula is C18H36N2O. The van der Waals surface area contributed by atoms with Gasteiger partial charge in [-0.15, -0.1) is 0 Å². The van der Waals surface area contributed by atoms with E-state index in [-0.39, 0.29) is 11.9 Å². The highest BCUT2D eigenvalue weighted by Crippen LogP contribution is 2.16. The highest BCUT2D eigenvalue weighted by Gasteiger charge is 2.10. The maximum absolute atomic E-state index is 11.7. The van der Waals surface area contributed by atoms with E-state index in [1.54, 1.807) is 0 Å². The Kier molecular flexibility index (Phi) is 10.6. The first kappa shape index (κ1) is 18.5. The van der Waals surface area contributed by atoms with Crippen molar-refractivity contribution in [2.75, 3.05) is 6.54 Å². The summed E-state index contributed by atoms with van der Waals surface area (Å²) in [5.41, 5.74) is 0. The second kappa shape index (κ2) is 12.0. The third-order valence-electron chi connectivity index (χ3n) is 4.34. The fourth-order valence-electron chi connectivity index (χ4n) is 3.15. The molecule has 3 nitrogen and oxygen atoms in total. The number of carbonyl (C=O) groups is 1. The molecule has 1 fully saturated rings. The van der Waals surface area contributed by atoms with Crippen LogP contribution in [0.3, 0.4) is 0 Å². The van der Waals surface area contributed by atoms with Crippen LogP contribution in [0, 0.1) is 0 Å². The van der Waals surface area contributed by atoms with Crippen molar-refractivity contribution in [2.45, 2.75) is 103 Å². The van der Waals surface area contributed by atoms with Gasteiger partial charge >= 0.3 is 0 Å². The van der Waals surface area contributed by atoms with Crippen molar-refractivity contribution in [3.05, 3.63) is 0 Å². The predicted molar refractivity (Wildman–Crippen MR) is 90.5 cm³/mol. The van der Waals surface area contributed by atoms with Crippen LogP contribution in [0.15, 0.2) is 0 Å². The third-order valence-corrected chi connectivity index (χ3v) is 4.34. The van der Waals surface area contributed by atoms with Crippen LogP contribution in [0.4, 0.5) is 0 Å². The molecule has 0 radical (unpaired) electrons. The minimum absolute atomic E-state index is 0.172. The topological polar surface area (TPSA) is 41.1 Å². The number of carbonyl (C=O) groups excluding carboxylic acids is 1. The molecule has 1 rings (SSSR count). The van der Waals surface area contributed by atoms with E-state index in [2.05, 4.69) is 10.6 Å². The second-order valence-corrected chi connectivity index (χ2v) is 6.88. The lowest BCUT2D eigenvalue weighted by atomic mass is 9.98. The molecule has 124 valence electrons. The van der Waals surface area contributed by atoms with Crippen molar-refractivity contribution in [3.63, 3.8) is 0 Å². The van der Waals surface area contributed by atoms with Crippen molar-refractivity contribution in [1.82, 2.24) is 10.6 Å². The van der Waals surface area contributed by atoms with Crippen LogP contribution in [0.2, 0.25) is 0 Å². The van der Waals surface area contributed by atoms with Gasteiger partial charge in [0.1, 0.15) is 0 Å². The Morgan fingerprint density at radius 2 is 1.38 bits per heavy atom. The normalized spacial score (nSPS) is 19.8. The summed E-state index contributed by atoms with van der Waals surface area (Å²) in [5, 5.41) is 6.57. The zero-order valence-electron chi connectivity index (χ0n) is 14.3. The van der Waals surface area contributed by atoms with Crippen LogP contribution in [0.25, 0.3) is 0 Å². The van der Waals surface area contributed by atoms with Crippen molar-refractivity contribution in [1.29, 1.82) is 0 Å². The first-order valence-corrected chi connectivity index (χ1v) is 9.21. The van der Waals surface area contributed by atoms with E-state index in [0.717, 1.165) is 6.54 Å². The molecular weight excluding hydrogens is 260 g/mol. The van der Waals surface area contributed by atoms with Gasteiger partial charge in [0.25, 0.3) is 0 Å². The number of hydrogen-bond donors (Lipinski definition) is 2. The molecule has 0 saturated heterocycles. The Labute approximate surface area is 131 Å². The first-order valence-electron chi connectivity index (χ1n) is 9.21. The zero-order valence-corrected chi connectivity index (χ0v) is 14.3. The molecule has 1 saturated carbocycles. The van der Waals surface area contributed by atoms with Crippen molar-refractivity contribution in [2.24, 2.45) is 0 Å². The summed E-state index contributed by atoms with van der Waals surface area (Å²) in [6.45, 7) is 4.85. The van der Waals surface area contributed by atoms with Crippen LogP contribution in [-0.2, 0) is 4.79 Å². The molecule has 0 heterocycles. The SMILES string of the molecule is CC(C)NC(=O)CCNC1CCCCCCCCCCC1. The molecule has 1 aliphatic carbocycles. The molecule has 0 unspecified atom stereocenters. The maximum Gasteiger partial charge on any atom is 0.221 e. The van der Waals surface area contributed by atoms with E-state index in [9.17, 15) is 4.79 Å². The summed E-state index contributed by atoms with van der Waals surface area (Å²) in [6, 6.07) is 0.870. The number of amides is 1. The predicted octanol–water partition coefficient (Wildman–Crippen LogP) is 4.16. The Balaban J connectivity index is 2.20. The van der Waals surface area contributed by atoms with Gasteiger partial charge in [-0.2, -0.15) is 0 Å². The minimum atomic E-state index is 0.172. The highest BCUT2D eigenvalue weighted by molar-refractivity contribution is 5.76. The summed E-state index contributed by atoms with van der Waals surface area (Å²) in [5.74, 6) is 0.172. The van der Waals surface area contributed by atoms with E-state index in [0.29, 0.717) is 12.5 Å². The van der Waals surface area contributed by atoms with Crippen LogP contribution >= 0.6 is 0 Å². The van der Waals surface area contributed by atoms with E-state index < -0.39 is 0 Å². The highest BCUT2D eigenvalue weighted by atomic mass is 16.1. The first-order chi connectivity index (χ1) is 10.2. The van der Waals surface area contributed by atoms with Crippen molar-refractivity contribution >= 4 is 5.91 Å². The average Bonchev–Trinajstić information content (AvgIpc) is 2.40. The van der Waals surface area contributed by atoms with Gasteiger partial charge in [0.2, 0.25) is 5.91 Å². The third kappa shape index (κ3) is 10.8. The summed E-state index contributed by atoms with van der Waals surface area (Å²) in [6.07, 6.45) is 15.7. The molecule has 0 aliphatic heterocycles. The van der Waals surface area contributed by atoms with Crippen molar-refractivity contribution < 1.29 is 4.79 Å². The lowest BCUT2D eigenvalue weighted by molar-refractivity contribution is -0.121. The Hall–Kier alpha value is -0.570. The van der Waals surface area contributed by atoms with Crippen molar-refractivity contribution in [3.8, 4) is 0 Å². The molecule has 0 aromatic rings. The lowest BCUT2D eigenvalue weighted by Gasteiger charge is -2.19. The Morgan fingerprint density at radius 1 is 0.905 bits per heavy atom. The van der Waals surface area contributed by atoms with Gasteiger partial charge in [0, 0.05) is 25.0 Å². The van der Waals surface area contributed by atoms with Gasteiger partial charge in [0.15, 0.2) is 0 Å². The molecule has 2 N–H and O–H groups in total. The summed E-state index contributed by atoms with van der Waals surface area (Å²) in [4.78, 5) is 11.7. The molecule has 0 spiro atoms. The Bertz CT molecular complexity index is 254. The van der Waals surface area contributed by atoms with Gasteiger partial charge in [0.05, 0.1) is 0 Å². The average molecular weight is 296 g/mol. The standard InChI is InChI=1S/C18H36N2O/c1-16(2)20-18(21)14-15-19-17-12-10-8-6-4-3-5-7-9-11-13-17/h16-17,19H,3-15H2,1-2H3,(H,20,21). The van der Waals surface area contributed by atoms with Crippen LogP contribution in [-0.4, -0.2) is 24.5 Å². The van der Waals surface area contributed by atoms with Gasteiger partial charge in [-0.1, -0.05) is 57.8 Å². The molecule has 0 aromatic carbocycles.